The van der Waals surface area contributed by atoms with Crippen LogP contribution in [0.15, 0.2) is 54.6 Å². The van der Waals surface area contributed by atoms with Crippen LogP contribution in [0.5, 0.6) is 0 Å². The monoisotopic (exact) mass is 257 g/mol. The Morgan fingerprint density at radius 2 is 1.20 bits per heavy atom. The Labute approximate surface area is 96.7 Å². The SMILES string of the molecule is [Se-]c1ccc2cc3ccccc3cc2c1. The molecule has 3 aromatic carbocycles. The van der Waals surface area contributed by atoms with E-state index in [-0.39, 0.29) is 0 Å². The quantitative estimate of drug-likeness (QED) is 0.428. The van der Waals surface area contributed by atoms with Gasteiger partial charge in [0.2, 0.25) is 0 Å². The van der Waals surface area contributed by atoms with Crippen molar-refractivity contribution in [1.29, 1.82) is 0 Å². The van der Waals surface area contributed by atoms with Gasteiger partial charge in [0.15, 0.2) is 0 Å². The molecule has 0 atom stereocenters. The van der Waals surface area contributed by atoms with Crippen molar-refractivity contribution in [3.05, 3.63) is 54.6 Å². The molecule has 0 aliphatic rings. The maximum atomic E-state index is 3.04. The van der Waals surface area contributed by atoms with E-state index in [9.17, 15) is 0 Å². The van der Waals surface area contributed by atoms with E-state index in [2.05, 4.69) is 70.6 Å². The van der Waals surface area contributed by atoms with Gasteiger partial charge in [-0.25, -0.2) is 0 Å². The third-order valence-corrected chi connectivity index (χ3v) is 3.21. The summed E-state index contributed by atoms with van der Waals surface area (Å²) in [6, 6.07) is 19.4. The zero-order valence-electron chi connectivity index (χ0n) is 8.10. The number of hydrogen-bond acceptors (Lipinski definition) is 0. The molecule has 15 heavy (non-hydrogen) atoms. The summed E-state index contributed by atoms with van der Waals surface area (Å²) in [6.45, 7) is 0. The second kappa shape index (κ2) is 3.37. The zero-order chi connectivity index (χ0) is 10.3. The molecule has 0 saturated heterocycles. The molecule has 72 valence electrons. The summed E-state index contributed by atoms with van der Waals surface area (Å²) in [7, 11) is 0. The number of benzene rings is 3. The van der Waals surface area contributed by atoms with Crippen molar-refractivity contribution in [2.24, 2.45) is 0 Å². The van der Waals surface area contributed by atoms with Gasteiger partial charge in [-0.05, 0) is 0 Å². The predicted octanol–water partition coefficient (Wildman–Crippen LogP) is 2.79. The van der Waals surface area contributed by atoms with Crippen molar-refractivity contribution in [2.75, 3.05) is 0 Å². The third-order valence-electron chi connectivity index (χ3n) is 2.68. The molecular formula is C14H9Se-. The Kier molecular flexibility index (Phi) is 2.02. The van der Waals surface area contributed by atoms with Gasteiger partial charge in [-0.15, -0.1) is 0 Å². The Hall–Kier alpha value is -1.30. The summed E-state index contributed by atoms with van der Waals surface area (Å²) in [6.07, 6.45) is 0. The fraction of sp³-hybridized carbons (Fsp3) is 0. The van der Waals surface area contributed by atoms with Crippen LogP contribution in [-0.2, 0) is 0 Å². The van der Waals surface area contributed by atoms with Crippen LogP contribution in [0.4, 0.5) is 0 Å². The topological polar surface area (TPSA) is 0 Å². The molecule has 0 spiro atoms. The summed E-state index contributed by atoms with van der Waals surface area (Å²) < 4.78 is 1.19. The van der Waals surface area contributed by atoms with Gasteiger partial charge in [0.1, 0.15) is 0 Å². The van der Waals surface area contributed by atoms with E-state index >= 15 is 0 Å². The first-order valence-corrected chi connectivity index (χ1v) is 5.78. The summed E-state index contributed by atoms with van der Waals surface area (Å²) >= 11 is 3.04. The number of fused-ring (bicyclic) bond motifs is 2. The van der Waals surface area contributed by atoms with Crippen LogP contribution in [0.3, 0.4) is 0 Å². The van der Waals surface area contributed by atoms with Crippen molar-refractivity contribution in [3.63, 3.8) is 0 Å². The summed E-state index contributed by atoms with van der Waals surface area (Å²) in [5, 5.41) is 5.20. The van der Waals surface area contributed by atoms with Gasteiger partial charge >= 0.3 is 96.6 Å². The second-order valence-corrected chi connectivity index (χ2v) is 4.70. The van der Waals surface area contributed by atoms with Crippen LogP contribution in [-0.4, -0.2) is 16.0 Å². The van der Waals surface area contributed by atoms with Crippen LogP contribution < -0.4 is 4.46 Å². The van der Waals surface area contributed by atoms with E-state index in [0.29, 0.717) is 0 Å². The maximum absolute atomic E-state index is 3.04. The molecule has 0 N–H and O–H groups in total. The molecule has 0 aromatic heterocycles. The Balaban J connectivity index is 2.47. The van der Waals surface area contributed by atoms with Gasteiger partial charge in [0, 0.05) is 0 Å². The van der Waals surface area contributed by atoms with E-state index in [0.717, 1.165) is 0 Å². The fourth-order valence-corrected chi connectivity index (χ4v) is 2.33. The summed E-state index contributed by atoms with van der Waals surface area (Å²) in [5.41, 5.74) is 0. The van der Waals surface area contributed by atoms with E-state index in [1.165, 1.54) is 26.0 Å². The molecular weight excluding hydrogens is 247 g/mol. The molecule has 0 nitrogen and oxygen atoms in total. The van der Waals surface area contributed by atoms with Crippen LogP contribution in [0, 0.1) is 0 Å². The molecule has 0 radical (unpaired) electrons. The van der Waals surface area contributed by atoms with Crippen LogP contribution in [0.25, 0.3) is 21.5 Å². The minimum atomic E-state index is 1.19. The molecule has 0 aliphatic heterocycles. The molecule has 1 heteroatoms. The zero-order valence-corrected chi connectivity index (χ0v) is 9.82. The molecule has 0 fully saturated rings. The molecule has 0 bridgehead atoms. The first-order valence-electron chi connectivity index (χ1n) is 4.92. The minimum absolute atomic E-state index is 1.19. The standard InChI is InChI=1S/C14H10Se/c15-14-6-5-12-7-10-3-1-2-4-11(10)8-13(12)9-14/h1-9,15H/p-1. The van der Waals surface area contributed by atoms with Crippen molar-refractivity contribution in [3.8, 4) is 0 Å². The fourth-order valence-electron chi connectivity index (χ4n) is 1.92. The molecule has 3 rings (SSSR count). The van der Waals surface area contributed by atoms with Crippen molar-refractivity contribution in [1.82, 2.24) is 0 Å². The van der Waals surface area contributed by atoms with Gasteiger partial charge < -0.3 is 0 Å². The Morgan fingerprint density at radius 3 is 1.93 bits per heavy atom. The second-order valence-electron chi connectivity index (χ2n) is 3.71. The Bertz CT molecular complexity index is 641. The van der Waals surface area contributed by atoms with Gasteiger partial charge in [0.25, 0.3) is 0 Å². The van der Waals surface area contributed by atoms with Gasteiger partial charge in [-0.3, -0.25) is 0 Å². The van der Waals surface area contributed by atoms with E-state index in [1.54, 1.807) is 0 Å². The van der Waals surface area contributed by atoms with E-state index in [1.807, 2.05) is 0 Å². The summed E-state index contributed by atoms with van der Waals surface area (Å²) in [4.78, 5) is 0. The van der Waals surface area contributed by atoms with Crippen molar-refractivity contribution >= 4 is 42.0 Å². The van der Waals surface area contributed by atoms with Crippen LogP contribution >= 0.6 is 0 Å². The number of rotatable bonds is 0. The average Bonchev–Trinajstić information content (AvgIpc) is 2.26. The average molecular weight is 256 g/mol. The molecule has 0 heterocycles. The normalized spacial score (nSPS) is 10.9. The van der Waals surface area contributed by atoms with Crippen molar-refractivity contribution < 1.29 is 0 Å². The first-order chi connectivity index (χ1) is 7.33. The molecule has 3 aromatic rings. The van der Waals surface area contributed by atoms with Gasteiger partial charge in [-0.2, -0.15) is 0 Å². The predicted molar refractivity (Wildman–Crippen MR) is 66.8 cm³/mol. The van der Waals surface area contributed by atoms with Crippen LogP contribution in [0.1, 0.15) is 0 Å². The first kappa shape index (κ1) is 8.96. The third kappa shape index (κ3) is 1.54. The molecule has 0 aliphatic carbocycles. The Morgan fingerprint density at radius 1 is 0.600 bits per heavy atom. The molecule has 0 saturated carbocycles. The molecule has 0 unspecified atom stereocenters. The summed E-state index contributed by atoms with van der Waals surface area (Å²) in [5.74, 6) is 0. The van der Waals surface area contributed by atoms with Gasteiger partial charge in [-0.1, -0.05) is 0 Å². The molecule has 0 amide bonds. The van der Waals surface area contributed by atoms with E-state index in [4.69, 9.17) is 0 Å². The van der Waals surface area contributed by atoms with E-state index < -0.39 is 0 Å². The van der Waals surface area contributed by atoms with Crippen molar-refractivity contribution in [2.45, 2.75) is 0 Å². The van der Waals surface area contributed by atoms with Crippen LogP contribution in [0.2, 0.25) is 0 Å². The number of hydrogen-bond donors (Lipinski definition) is 0. The van der Waals surface area contributed by atoms with Gasteiger partial charge in [0.05, 0.1) is 0 Å².